The van der Waals surface area contributed by atoms with Crippen molar-refractivity contribution < 1.29 is 31.5 Å². The third-order valence-corrected chi connectivity index (χ3v) is 4.87. The Hall–Kier alpha value is -2.94. The number of carbonyl (C=O) groups is 1. The highest BCUT2D eigenvalue weighted by Crippen LogP contribution is 2.35. The highest BCUT2D eigenvalue weighted by molar-refractivity contribution is 6.33. The lowest BCUT2D eigenvalue weighted by Gasteiger charge is -2.16. The lowest BCUT2D eigenvalue weighted by Crippen LogP contribution is -2.25. The van der Waals surface area contributed by atoms with Crippen molar-refractivity contribution in [3.63, 3.8) is 0 Å². The zero-order chi connectivity index (χ0) is 23.0. The van der Waals surface area contributed by atoms with E-state index in [1.807, 2.05) is 13.8 Å². The Kier molecular flexibility index (Phi) is 6.35. The van der Waals surface area contributed by atoms with Gasteiger partial charge in [-0.15, -0.1) is 0 Å². The highest BCUT2D eigenvalue weighted by Gasteiger charge is 2.37. The van der Waals surface area contributed by atoms with Crippen molar-refractivity contribution in [2.45, 2.75) is 33.3 Å². The number of amides is 1. The number of hydrogen-bond donors (Lipinski definition) is 0. The number of hydrogen-bond acceptors (Lipinski definition) is 3. The SMILES string of the molecule is CC[C@H](C)Oc1ccc(Cl)cc1/C=C1\C(=O)N(c2c(F)c(F)c(F)c(F)c2F)N=C1C. The van der Waals surface area contributed by atoms with Crippen molar-refractivity contribution in [1.82, 2.24) is 0 Å². The Morgan fingerprint density at radius 1 is 1.10 bits per heavy atom. The predicted molar refractivity (Wildman–Crippen MR) is 107 cm³/mol. The maximum atomic E-state index is 14.2. The Morgan fingerprint density at radius 3 is 2.26 bits per heavy atom. The zero-order valence-electron chi connectivity index (χ0n) is 16.6. The molecule has 31 heavy (non-hydrogen) atoms. The normalized spacial score (nSPS) is 16.2. The molecule has 1 atom stereocenters. The van der Waals surface area contributed by atoms with Crippen LogP contribution in [0, 0.1) is 29.1 Å². The number of carbonyl (C=O) groups excluding carboxylic acids is 1. The van der Waals surface area contributed by atoms with Crippen molar-refractivity contribution >= 4 is 35.0 Å². The van der Waals surface area contributed by atoms with Crippen LogP contribution in [0.2, 0.25) is 5.02 Å². The fourth-order valence-electron chi connectivity index (χ4n) is 2.81. The van der Waals surface area contributed by atoms with Gasteiger partial charge < -0.3 is 4.74 Å². The molecule has 1 amide bonds. The summed E-state index contributed by atoms with van der Waals surface area (Å²) in [6.07, 6.45) is 1.88. The van der Waals surface area contributed by atoms with E-state index in [0.717, 1.165) is 0 Å². The van der Waals surface area contributed by atoms with E-state index in [0.29, 0.717) is 22.8 Å². The lowest BCUT2D eigenvalue weighted by atomic mass is 10.1. The van der Waals surface area contributed by atoms with Gasteiger partial charge >= 0.3 is 0 Å². The number of nitrogens with zero attached hydrogens (tertiary/aromatic N) is 2. The molecular weight excluding hydrogens is 443 g/mol. The number of benzene rings is 2. The molecule has 0 aliphatic carbocycles. The van der Waals surface area contributed by atoms with E-state index < -0.39 is 40.7 Å². The molecule has 0 N–H and O–H groups in total. The fourth-order valence-corrected chi connectivity index (χ4v) is 2.99. The summed E-state index contributed by atoms with van der Waals surface area (Å²) in [5.74, 6) is -11.7. The minimum absolute atomic E-state index is 0.00315. The molecule has 0 aromatic heterocycles. The molecule has 1 aliphatic heterocycles. The minimum Gasteiger partial charge on any atom is -0.490 e. The van der Waals surface area contributed by atoms with Gasteiger partial charge in [-0.2, -0.15) is 10.1 Å². The van der Waals surface area contributed by atoms with Gasteiger partial charge in [-0.1, -0.05) is 18.5 Å². The van der Waals surface area contributed by atoms with E-state index >= 15 is 0 Å². The third kappa shape index (κ3) is 4.14. The summed E-state index contributed by atoms with van der Waals surface area (Å²) >= 11 is 6.03. The van der Waals surface area contributed by atoms with Gasteiger partial charge in [-0.25, -0.2) is 22.0 Å². The standard InChI is InChI=1S/C21H16ClF5N2O2/c1-4-9(2)31-14-6-5-12(22)7-11(14)8-13-10(3)28-29(21(13)30)20-18(26)16(24)15(23)17(25)19(20)27/h5-9H,4H2,1-3H3/b13-8-/t9-/m0/s1. The molecule has 0 bridgehead atoms. The predicted octanol–water partition coefficient (Wildman–Crippen LogP) is 6.02. The van der Waals surface area contributed by atoms with Gasteiger partial charge in [0.2, 0.25) is 5.82 Å². The van der Waals surface area contributed by atoms with Crippen LogP contribution in [-0.2, 0) is 4.79 Å². The summed E-state index contributed by atoms with van der Waals surface area (Å²) in [5.41, 5.74) is -1.19. The van der Waals surface area contributed by atoms with Crippen LogP contribution in [0.1, 0.15) is 32.8 Å². The van der Waals surface area contributed by atoms with Crippen molar-refractivity contribution in [3.05, 3.63) is 63.4 Å². The highest BCUT2D eigenvalue weighted by atomic mass is 35.5. The van der Waals surface area contributed by atoms with E-state index in [-0.39, 0.29) is 22.4 Å². The monoisotopic (exact) mass is 458 g/mol. The lowest BCUT2D eigenvalue weighted by molar-refractivity contribution is -0.114. The van der Waals surface area contributed by atoms with Crippen LogP contribution in [0.5, 0.6) is 5.75 Å². The Balaban J connectivity index is 2.08. The minimum atomic E-state index is -2.33. The second-order valence-electron chi connectivity index (χ2n) is 6.80. The first-order chi connectivity index (χ1) is 14.6. The third-order valence-electron chi connectivity index (χ3n) is 4.64. The quantitative estimate of drug-likeness (QED) is 0.238. The van der Waals surface area contributed by atoms with Gasteiger partial charge in [0.25, 0.3) is 5.91 Å². The number of rotatable bonds is 5. The number of hydrazone groups is 1. The molecule has 0 saturated carbocycles. The second kappa shape index (κ2) is 8.66. The van der Waals surface area contributed by atoms with Crippen LogP contribution in [-0.4, -0.2) is 17.7 Å². The van der Waals surface area contributed by atoms with Crippen molar-refractivity contribution in [2.24, 2.45) is 5.10 Å². The van der Waals surface area contributed by atoms with Gasteiger partial charge in [0.05, 0.1) is 17.4 Å². The molecule has 1 heterocycles. The first kappa shape index (κ1) is 22.7. The van der Waals surface area contributed by atoms with Crippen LogP contribution in [0.3, 0.4) is 0 Å². The Morgan fingerprint density at radius 2 is 1.68 bits per heavy atom. The molecule has 0 radical (unpaired) electrons. The van der Waals surface area contributed by atoms with Crippen LogP contribution in [0.15, 0.2) is 28.9 Å². The molecule has 0 spiro atoms. The average molecular weight is 459 g/mol. The molecule has 10 heteroatoms. The Bertz CT molecular complexity index is 1100. The average Bonchev–Trinajstić information content (AvgIpc) is 3.00. The molecule has 2 aromatic carbocycles. The summed E-state index contributed by atoms with van der Waals surface area (Å²) in [6, 6.07) is 4.68. The summed E-state index contributed by atoms with van der Waals surface area (Å²) in [4.78, 5) is 12.8. The van der Waals surface area contributed by atoms with Gasteiger partial charge in [-0.3, -0.25) is 4.79 Å². The molecule has 4 nitrogen and oxygen atoms in total. The van der Waals surface area contributed by atoms with Gasteiger partial charge in [0, 0.05) is 10.6 Å². The molecule has 164 valence electrons. The number of anilines is 1. The summed E-state index contributed by atoms with van der Waals surface area (Å²) in [6.45, 7) is 5.11. The fraction of sp³-hybridized carbons (Fsp3) is 0.238. The smallest absolute Gasteiger partial charge is 0.280 e. The van der Waals surface area contributed by atoms with Crippen LogP contribution >= 0.6 is 11.6 Å². The van der Waals surface area contributed by atoms with Crippen molar-refractivity contribution in [2.75, 3.05) is 5.01 Å². The van der Waals surface area contributed by atoms with Crippen molar-refractivity contribution in [1.29, 1.82) is 0 Å². The van der Waals surface area contributed by atoms with Gasteiger partial charge in [0.15, 0.2) is 23.3 Å². The first-order valence-corrected chi connectivity index (χ1v) is 9.53. The zero-order valence-corrected chi connectivity index (χ0v) is 17.3. The number of halogens is 6. The van der Waals surface area contributed by atoms with E-state index in [2.05, 4.69) is 5.10 Å². The molecule has 0 fully saturated rings. The molecule has 1 aliphatic rings. The summed E-state index contributed by atoms with van der Waals surface area (Å²) in [5, 5.41) is 4.19. The first-order valence-electron chi connectivity index (χ1n) is 9.16. The maximum Gasteiger partial charge on any atom is 0.280 e. The topological polar surface area (TPSA) is 41.9 Å². The van der Waals surface area contributed by atoms with E-state index in [9.17, 15) is 26.7 Å². The van der Waals surface area contributed by atoms with Crippen molar-refractivity contribution in [3.8, 4) is 5.75 Å². The van der Waals surface area contributed by atoms with Crippen LogP contribution in [0.25, 0.3) is 6.08 Å². The second-order valence-corrected chi connectivity index (χ2v) is 7.23. The largest absolute Gasteiger partial charge is 0.490 e. The molecule has 0 saturated heterocycles. The maximum absolute atomic E-state index is 14.2. The van der Waals surface area contributed by atoms with E-state index in [4.69, 9.17) is 16.3 Å². The van der Waals surface area contributed by atoms with Gasteiger partial charge in [-0.05, 0) is 44.5 Å². The molecule has 3 rings (SSSR count). The molecular formula is C21H16ClF5N2O2. The molecule has 0 unspecified atom stereocenters. The van der Waals surface area contributed by atoms with E-state index in [1.165, 1.54) is 19.1 Å². The number of ether oxygens (including phenoxy) is 1. The Labute approximate surface area is 179 Å². The summed E-state index contributed by atoms with van der Waals surface area (Å²) < 4.78 is 74.6. The van der Waals surface area contributed by atoms with E-state index in [1.54, 1.807) is 12.1 Å². The van der Waals surface area contributed by atoms with Crippen LogP contribution in [0.4, 0.5) is 27.6 Å². The molecule has 2 aromatic rings. The van der Waals surface area contributed by atoms with Gasteiger partial charge in [0.1, 0.15) is 11.4 Å². The summed E-state index contributed by atoms with van der Waals surface area (Å²) in [7, 11) is 0. The van der Waals surface area contributed by atoms with Crippen LogP contribution < -0.4 is 9.75 Å².